The SMILES string of the molecule is C[C@@H](CN1CCc2cc(F)ccc21)NC(=O)[C@@H](N)CC(C)(C)C. The molecule has 0 aliphatic carbocycles. The van der Waals surface area contributed by atoms with Crippen LogP contribution >= 0.6 is 0 Å². The summed E-state index contributed by atoms with van der Waals surface area (Å²) in [4.78, 5) is 14.4. The molecule has 0 saturated heterocycles. The van der Waals surface area contributed by atoms with Gasteiger partial charge in [0.15, 0.2) is 0 Å². The lowest BCUT2D eigenvalue weighted by atomic mass is 9.88. The molecule has 1 amide bonds. The van der Waals surface area contributed by atoms with Crippen molar-refractivity contribution in [3.63, 3.8) is 0 Å². The third kappa shape index (κ3) is 4.93. The zero-order valence-electron chi connectivity index (χ0n) is 14.5. The maximum absolute atomic E-state index is 13.3. The largest absolute Gasteiger partial charge is 0.369 e. The number of benzene rings is 1. The van der Waals surface area contributed by atoms with E-state index in [9.17, 15) is 9.18 Å². The molecule has 3 N–H and O–H groups in total. The van der Waals surface area contributed by atoms with E-state index in [-0.39, 0.29) is 23.2 Å². The van der Waals surface area contributed by atoms with E-state index >= 15 is 0 Å². The number of amides is 1. The zero-order valence-corrected chi connectivity index (χ0v) is 14.5. The lowest BCUT2D eigenvalue weighted by molar-refractivity contribution is -0.123. The zero-order chi connectivity index (χ0) is 17.2. The molecule has 23 heavy (non-hydrogen) atoms. The van der Waals surface area contributed by atoms with Gasteiger partial charge in [-0.3, -0.25) is 4.79 Å². The van der Waals surface area contributed by atoms with Gasteiger partial charge in [0.25, 0.3) is 0 Å². The van der Waals surface area contributed by atoms with Crippen molar-refractivity contribution < 1.29 is 9.18 Å². The highest BCUT2D eigenvalue weighted by atomic mass is 19.1. The van der Waals surface area contributed by atoms with Gasteiger partial charge in [0, 0.05) is 24.8 Å². The molecule has 1 aliphatic heterocycles. The van der Waals surface area contributed by atoms with Crippen LogP contribution < -0.4 is 16.0 Å². The van der Waals surface area contributed by atoms with Crippen LogP contribution in [0.1, 0.15) is 39.7 Å². The summed E-state index contributed by atoms with van der Waals surface area (Å²) in [7, 11) is 0. The van der Waals surface area contributed by atoms with Crippen LogP contribution in [0.2, 0.25) is 0 Å². The standard InChI is InChI=1S/C18H28FN3O/c1-12(21-17(23)15(20)10-18(2,3)4)11-22-8-7-13-9-14(19)5-6-16(13)22/h5-6,9,12,15H,7-8,10-11,20H2,1-4H3,(H,21,23)/t12-,15-/m0/s1. The van der Waals surface area contributed by atoms with Crippen molar-refractivity contribution in [1.82, 2.24) is 5.32 Å². The fraction of sp³-hybridized carbons (Fsp3) is 0.611. The number of anilines is 1. The molecular formula is C18H28FN3O. The maximum atomic E-state index is 13.3. The fourth-order valence-electron chi connectivity index (χ4n) is 3.11. The number of nitrogens with two attached hydrogens (primary N) is 1. The van der Waals surface area contributed by atoms with E-state index in [0.717, 1.165) is 24.2 Å². The molecule has 0 spiro atoms. The lowest BCUT2D eigenvalue weighted by Gasteiger charge is -2.27. The van der Waals surface area contributed by atoms with Crippen LogP contribution in [0, 0.1) is 11.2 Å². The Morgan fingerprint density at radius 3 is 2.78 bits per heavy atom. The predicted octanol–water partition coefficient (Wildman–Crippen LogP) is 2.46. The van der Waals surface area contributed by atoms with Crippen molar-refractivity contribution >= 4 is 11.6 Å². The Labute approximate surface area is 138 Å². The van der Waals surface area contributed by atoms with E-state index in [1.54, 1.807) is 6.07 Å². The molecule has 0 unspecified atom stereocenters. The summed E-state index contributed by atoms with van der Waals surface area (Å²) in [5, 5.41) is 2.99. The summed E-state index contributed by atoms with van der Waals surface area (Å²) in [5.41, 5.74) is 8.11. The van der Waals surface area contributed by atoms with Gasteiger partial charge in [-0.1, -0.05) is 20.8 Å². The maximum Gasteiger partial charge on any atom is 0.237 e. The van der Waals surface area contributed by atoms with E-state index in [1.165, 1.54) is 6.07 Å². The van der Waals surface area contributed by atoms with Crippen molar-refractivity contribution in [2.45, 2.75) is 52.6 Å². The molecule has 0 radical (unpaired) electrons. The van der Waals surface area contributed by atoms with Gasteiger partial charge in [-0.2, -0.15) is 0 Å². The normalized spacial score (nSPS) is 16.9. The quantitative estimate of drug-likeness (QED) is 0.876. The number of nitrogens with zero attached hydrogens (tertiary/aromatic N) is 1. The average molecular weight is 321 g/mol. The first kappa shape index (κ1) is 17.7. The minimum Gasteiger partial charge on any atom is -0.369 e. The summed E-state index contributed by atoms with van der Waals surface area (Å²) >= 11 is 0. The molecular weight excluding hydrogens is 293 g/mol. The Kier molecular flexibility index (Phi) is 5.30. The summed E-state index contributed by atoms with van der Waals surface area (Å²) in [6.45, 7) is 9.75. The van der Waals surface area contributed by atoms with Crippen LogP contribution in [0.5, 0.6) is 0 Å². The van der Waals surface area contributed by atoms with Gasteiger partial charge in [-0.15, -0.1) is 0 Å². The van der Waals surface area contributed by atoms with Crippen molar-refractivity contribution in [2.24, 2.45) is 11.1 Å². The molecule has 0 bridgehead atoms. The van der Waals surface area contributed by atoms with Gasteiger partial charge >= 0.3 is 0 Å². The second kappa shape index (κ2) is 6.87. The van der Waals surface area contributed by atoms with Gasteiger partial charge in [0.2, 0.25) is 5.91 Å². The molecule has 1 aromatic carbocycles. The molecule has 0 fully saturated rings. The van der Waals surface area contributed by atoms with Crippen LogP contribution in [0.4, 0.5) is 10.1 Å². The van der Waals surface area contributed by atoms with E-state index in [2.05, 4.69) is 31.0 Å². The smallest absolute Gasteiger partial charge is 0.237 e. The molecule has 4 nitrogen and oxygen atoms in total. The molecule has 1 heterocycles. The highest BCUT2D eigenvalue weighted by molar-refractivity contribution is 5.81. The van der Waals surface area contributed by atoms with E-state index in [0.29, 0.717) is 13.0 Å². The first-order chi connectivity index (χ1) is 10.7. The monoisotopic (exact) mass is 321 g/mol. The van der Waals surface area contributed by atoms with Crippen LogP contribution in [0.3, 0.4) is 0 Å². The number of halogens is 1. The minimum absolute atomic E-state index is 0.00970. The van der Waals surface area contributed by atoms with Crippen molar-refractivity contribution in [3.05, 3.63) is 29.6 Å². The molecule has 5 heteroatoms. The Morgan fingerprint density at radius 1 is 1.43 bits per heavy atom. The predicted molar refractivity (Wildman–Crippen MR) is 92.0 cm³/mol. The number of fused-ring (bicyclic) bond motifs is 1. The number of rotatable bonds is 5. The number of carbonyl (C=O) groups excluding carboxylic acids is 1. The Morgan fingerprint density at radius 2 is 2.13 bits per heavy atom. The molecule has 128 valence electrons. The van der Waals surface area contributed by atoms with Crippen LogP contribution in [-0.2, 0) is 11.2 Å². The molecule has 1 aromatic rings. The van der Waals surface area contributed by atoms with Gasteiger partial charge in [0.05, 0.1) is 6.04 Å². The number of nitrogens with one attached hydrogen (secondary N) is 1. The topological polar surface area (TPSA) is 58.4 Å². The molecule has 0 saturated carbocycles. The highest BCUT2D eigenvalue weighted by Gasteiger charge is 2.25. The second-order valence-electron chi connectivity index (χ2n) is 7.75. The highest BCUT2D eigenvalue weighted by Crippen LogP contribution is 2.28. The average Bonchev–Trinajstić information content (AvgIpc) is 2.78. The fourth-order valence-corrected chi connectivity index (χ4v) is 3.11. The third-order valence-electron chi connectivity index (χ3n) is 4.09. The summed E-state index contributed by atoms with van der Waals surface area (Å²) in [6.07, 6.45) is 1.49. The van der Waals surface area contributed by atoms with E-state index < -0.39 is 6.04 Å². The van der Waals surface area contributed by atoms with E-state index in [1.807, 2.05) is 13.0 Å². The summed E-state index contributed by atoms with van der Waals surface area (Å²) < 4.78 is 13.3. The van der Waals surface area contributed by atoms with Gasteiger partial charge in [-0.25, -0.2) is 4.39 Å². The third-order valence-corrected chi connectivity index (χ3v) is 4.09. The number of carbonyl (C=O) groups is 1. The van der Waals surface area contributed by atoms with Gasteiger partial charge in [0.1, 0.15) is 5.82 Å². The number of hydrogen-bond donors (Lipinski definition) is 2. The van der Waals surface area contributed by atoms with Crippen LogP contribution in [0.15, 0.2) is 18.2 Å². The van der Waals surface area contributed by atoms with Crippen LogP contribution in [0.25, 0.3) is 0 Å². The van der Waals surface area contributed by atoms with Gasteiger partial charge in [-0.05, 0) is 48.9 Å². The molecule has 0 aromatic heterocycles. The summed E-state index contributed by atoms with van der Waals surface area (Å²) in [5.74, 6) is -0.300. The van der Waals surface area contributed by atoms with Crippen LogP contribution in [-0.4, -0.2) is 31.1 Å². The molecule has 2 rings (SSSR count). The Bertz CT molecular complexity index is 568. The second-order valence-corrected chi connectivity index (χ2v) is 7.75. The number of hydrogen-bond acceptors (Lipinski definition) is 3. The van der Waals surface area contributed by atoms with Crippen molar-refractivity contribution in [1.29, 1.82) is 0 Å². The minimum atomic E-state index is -0.489. The Balaban J connectivity index is 1.89. The first-order valence-corrected chi connectivity index (χ1v) is 8.25. The molecule has 2 atom stereocenters. The van der Waals surface area contributed by atoms with Crippen molar-refractivity contribution in [2.75, 3.05) is 18.0 Å². The lowest BCUT2D eigenvalue weighted by Crippen LogP contribution is -2.49. The van der Waals surface area contributed by atoms with E-state index in [4.69, 9.17) is 5.73 Å². The van der Waals surface area contributed by atoms with Gasteiger partial charge < -0.3 is 16.0 Å². The molecule has 1 aliphatic rings. The van der Waals surface area contributed by atoms with Crippen molar-refractivity contribution in [3.8, 4) is 0 Å². The summed E-state index contributed by atoms with van der Waals surface area (Å²) in [6, 6.07) is 4.40. The first-order valence-electron chi connectivity index (χ1n) is 8.25. The Hall–Kier alpha value is -1.62.